The third-order valence-electron chi connectivity index (χ3n) is 6.14. The van der Waals surface area contributed by atoms with Gasteiger partial charge in [0.2, 0.25) is 0 Å². The van der Waals surface area contributed by atoms with E-state index in [9.17, 15) is 0 Å². The average molecular weight is 345 g/mol. The molecule has 0 spiro atoms. The first-order chi connectivity index (χ1) is 12.5. The summed E-state index contributed by atoms with van der Waals surface area (Å²) in [5.74, 6) is 0. The van der Waals surface area contributed by atoms with Gasteiger partial charge in [-0.25, -0.2) is 0 Å². The smallest absolute Gasteiger partial charge is 0.0473 e. The Morgan fingerprint density at radius 1 is 0.962 bits per heavy atom. The van der Waals surface area contributed by atoms with E-state index in [-0.39, 0.29) is 5.41 Å². The lowest BCUT2D eigenvalue weighted by molar-refractivity contribution is 0.616. The van der Waals surface area contributed by atoms with Crippen LogP contribution in [-0.4, -0.2) is 6.54 Å². The maximum Gasteiger partial charge on any atom is 0.0473 e. The number of rotatable bonds is 4. The molecule has 0 saturated heterocycles. The third-order valence-corrected chi connectivity index (χ3v) is 6.14. The first kappa shape index (κ1) is 17.1. The zero-order valence-electron chi connectivity index (χ0n) is 16.0. The maximum atomic E-state index is 6.59. The lowest BCUT2D eigenvalue weighted by atomic mass is 9.79. The van der Waals surface area contributed by atoms with Gasteiger partial charge in [0.25, 0.3) is 0 Å². The highest BCUT2D eigenvalue weighted by atomic mass is 14.6. The molecule has 26 heavy (non-hydrogen) atoms. The van der Waals surface area contributed by atoms with E-state index in [0.29, 0.717) is 0 Å². The molecule has 0 amide bonds. The fraction of sp³-hybridized carbons (Fsp3) is 0.333. The molecule has 0 unspecified atom stereocenters. The molecule has 0 saturated carbocycles. The normalized spacial score (nSPS) is 15.8. The van der Waals surface area contributed by atoms with E-state index < -0.39 is 0 Å². The zero-order chi connectivity index (χ0) is 18.5. The first-order valence-electron chi connectivity index (χ1n) is 9.67. The van der Waals surface area contributed by atoms with Gasteiger partial charge in [0, 0.05) is 21.9 Å². The number of hydrogen-bond acceptors (Lipinski definition) is 2. The lowest BCUT2D eigenvalue weighted by Crippen LogP contribution is -2.17. The predicted molar refractivity (Wildman–Crippen MR) is 114 cm³/mol. The minimum absolute atomic E-state index is 0.0720. The van der Waals surface area contributed by atoms with Crippen molar-refractivity contribution in [2.45, 2.75) is 45.4 Å². The Morgan fingerprint density at radius 3 is 2.46 bits per heavy atom. The molecule has 0 radical (unpaired) electrons. The zero-order valence-corrected chi connectivity index (χ0v) is 16.0. The predicted octanol–water partition coefficient (Wildman–Crippen LogP) is 5.77. The molecule has 0 bridgehead atoms. The van der Waals surface area contributed by atoms with Crippen LogP contribution < -0.4 is 11.5 Å². The summed E-state index contributed by atoms with van der Waals surface area (Å²) in [6, 6.07) is 15.4. The van der Waals surface area contributed by atoms with Crippen LogP contribution in [0.15, 0.2) is 48.0 Å². The van der Waals surface area contributed by atoms with Crippen molar-refractivity contribution in [2.75, 3.05) is 12.3 Å². The van der Waals surface area contributed by atoms with Gasteiger partial charge in [-0.2, -0.15) is 0 Å². The van der Waals surface area contributed by atoms with E-state index in [1.54, 1.807) is 5.57 Å². The molecule has 0 aliphatic heterocycles. The Balaban J connectivity index is 2.03. The molecule has 2 nitrogen and oxygen atoms in total. The van der Waals surface area contributed by atoms with Crippen molar-refractivity contribution in [3.05, 3.63) is 59.2 Å². The van der Waals surface area contributed by atoms with Crippen molar-refractivity contribution in [1.29, 1.82) is 0 Å². The second-order valence-electron chi connectivity index (χ2n) is 7.96. The van der Waals surface area contributed by atoms with E-state index >= 15 is 0 Å². The van der Waals surface area contributed by atoms with E-state index in [1.807, 2.05) is 0 Å². The molecule has 4 rings (SSSR count). The molecule has 1 aliphatic rings. The van der Waals surface area contributed by atoms with Gasteiger partial charge in [0.05, 0.1) is 0 Å². The number of nitrogen functional groups attached to an aromatic ring is 1. The van der Waals surface area contributed by atoms with E-state index in [2.05, 4.69) is 63.2 Å². The van der Waals surface area contributed by atoms with Crippen LogP contribution in [0.1, 0.15) is 51.2 Å². The Morgan fingerprint density at radius 2 is 1.73 bits per heavy atom. The highest BCUT2D eigenvalue weighted by Gasteiger charge is 2.36. The van der Waals surface area contributed by atoms with Crippen LogP contribution in [0.3, 0.4) is 0 Å². The Hall–Kier alpha value is -2.32. The first-order valence-corrected chi connectivity index (χ1v) is 9.67. The van der Waals surface area contributed by atoms with Gasteiger partial charge < -0.3 is 11.5 Å². The minimum Gasteiger partial charge on any atom is -0.398 e. The van der Waals surface area contributed by atoms with Crippen LogP contribution in [0.2, 0.25) is 0 Å². The maximum absolute atomic E-state index is 6.59. The average Bonchev–Trinajstić information content (AvgIpc) is 2.84. The van der Waals surface area contributed by atoms with Gasteiger partial charge in [-0.05, 0) is 71.5 Å². The Labute approximate surface area is 155 Å². The number of anilines is 1. The van der Waals surface area contributed by atoms with Crippen molar-refractivity contribution < 1.29 is 0 Å². The Bertz CT molecular complexity index is 1040. The topological polar surface area (TPSA) is 52.0 Å². The minimum atomic E-state index is 0.0720. The summed E-state index contributed by atoms with van der Waals surface area (Å²) in [6.45, 7) is 7.72. The number of allylic oxidation sites excluding steroid dienone is 2. The van der Waals surface area contributed by atoms with Crippen molar-refractivity contribution in [1.82, 2.24) is 0 Å². The molecule has 134 valence electrons. The highest BCUT2D eigenvalue weighted by Crippen LogP contribution is 2.50. The standard InChI is InChI=1S/C24H28N2/c1-4-21-18(10-7-11-25)20-14-19-16(13-22(20)24(21,2)3)12-15-8-5-6-9-17(15)23(19)26/h5-6,8-9,12-14H,4,7,10-11,25-26H2,1-3H3. The molecule has 0 aromatic heterocycles. The molecule has 4 N–H and O–H groups in total. The van der Waals surface area contributed by atoms with Crippen molar-refractivity contribution >= 4 is 32.8 Å². The fourth-order valence-electron chi connectivity index (χ4n) is 4.84. The summed E-state index contributed by atoms with van der Waals surface area (Å²) in [6.07, 6.45) is 3.16. The third kappa shape index (κ3) is 2.36. The summed E-state index contributed by atoms with van der Waals surface area (Å²) in [5, 5.41) is 4.75. The second kappa shape index (κ2) is 6.14. The van der Waals surface area contributed by atoms with E-state index in [0.717, 1.165) is 36.9 Å². The number of fused-ring (bicyclic) bond motifs is 3. The monoisotopic (exact) mass is 344 g/mol. The molecule has 0 fully saturated rings. The Kier molecular flexibility index (Phi) is 4.04. The molecular weight excluding hydrogens is 316 g/mol. The highest BCUT2D eigenvalue weighted by molar-refractivity contribution is 6.11. The fourth-order valence-corrected chi connectivity index (χ4v) is 4.84. The van der Waals surface area contributed by atoms with Crippen molar-refractivity contribution in [3.63, 3.8) is 0 Å². The summed E-state index contributed by atoms with van der Waals surface area (Å²) in [5.41, 5.74) is 19.2. The molecule has 0 atom stereocenters. The molecule has 3 aromatic rings. The summed E-state index contributed by atoms with van der Waals surface area (Å²) in [7, 11) is 0. The lowest BCUT2D eigenvalue weighted by Gasteiger charge is -2.24. The summed E-state index contributed by atoms with van der Waals surface area (Å²) >= 11 is 0. The molecule has 2 heteroatoms. The quantitative estimate of drug-likeness (QED) is 0.466. The molecular formula is C24H28N2. The molecule has 0 heterocycles. The van der Waals surface area contributed by atoms with Gasteiger partial charge in [0.15, 0.2) is 0 Å². The van der Waals surface area contributed by atoms with Crippen LogP contribution in [-0.2, 0) is 5.41 Å². The van der Waals surface area contributed by atoms with E-state index in [4.69, 9.17) is 11.5 Å². The van der Waals surface area contributed by atoms with Crippen molar-refractivity contribution in [3.8, 4) is 0 Å². The summed E-state index contributed by atoms with van der Waals surface area (Å²) < 4.78 is 0. The van der Waals surface area contributed by atoms with Crippen LogP contribution in [0.5, 0.6) is 0 Å². The van der Waals surface area contributed by atoms with Gasteiger partial charge in [0.1, 0.15) is 0 Å². The van der Waals surface area contributed by atoms with Crippen molar-refractivity contribution in [2.24, 2.45) is 5.73 Å². The summed E-state index contributed by atoms with van der Waals surface area (Å²) in [4.78, 5) is 0. The van der Waals surface area contributed by atoms with Gasteiger partial charge in [-0.1, -0.05) is 50.6 Å². The number of benzene rings is 3. The van der Waals surface area contributed by atoms with Crippen LogP contribution in [0.4, 0.5) is 5.69 Å². The van der Waals surface area contributed by atoms with Crippen LogP contribution in [0, 0.1) is 0 Å². The second-order valence-corrected chi connectivity index (χ2v) is 7.96. The SMILES string of the molecule is CCC1=C(CCCN)c2cc3c(N)c4ccccc4cc3cc2C1(C)C. The van der Waals surface area contributed by atoms with Crippen LogP contribution in [0.25, 0.3) is 27.1 Å². The largest absolute Gasteiger partial charge is 0.398 e. The van der Waals surface area contributed by atoms with Gasteiger partial charge in [-0.15, -0.1) is 0 Å². The van der Waals surface area contributed by atoms with E-state index in [1.165, 1.54) is 32.9 Å². The molecule has 3 aromatic carbocycles. The number of hydrogen-bond donors (Lipinski definition) is 2. The van der Waals surface area contributed by atoms with Gasteiger partial charge in [-0.3, -0.25) is 0 Å². The number of nitrogens with two attached hydrogens (primary N) is 2. The molecule has 1 aliphatic carbocycles. The van der Waals surface area contributed by atoms with Crippen LogP contribution >= 0.6 is 0 Å². The van der Waals surface area contributed by atoms with Gasteiger partial charge >= 0.3 is 0 Å².